The van der Waals surface area contributed by atoms with Gasteiger partial charge in [0.05, 0.1) is 29.0 Å². The van der Waals surface area contributed by atoms with Gasteiger partial charge in [-0.25, -0.2) is 4.52 Å². The number of nitrogens with zero attached hydrogens (tertiary/aromatic N) is 6. The minimum Gasteiger partial charge on any atom is -0.367 e. The lowest BCUT2D eigenvalue weighted by Crippen LogP contribution is -2.68. The van der Waals surface area contributed by atoms with Crippen LogP contribution in [0.2, 0.25) is 0 Å². The highest BCUT2D eigenvalue weighted by Gasteiger charge is 2.39. The number of amides is 1. The van der Waals surface area contributed by atoms with Gasteiger partial charge in [-0.2, -0.15) is 15.5 Å². The van der Waals surface area contributed by atoms with Crippen molar-refractivity contribution >= 4 is 17.1 Å². The Balaban J connectivity index is 1.48. The molecule has 3 aromatic heterocycles. The molecular weight excluding hydrogens is 414 g/mol. The third-order valence-electron chi connectivity index (χ3n) is 6.00. The van der Waals surface area contributed by atoms with Crippen LogP contribution in [0.3, 0.4) is 0 Å². The molecule has 8 heteroatoms. The lowest BCUT2D eigenvalue weighted by atomic mass is 9.91. The van der Waals surface area contributed by atoms with Crippen LogP contribution in [-0.4, -0.2) is 43.9 Å². The second kappa shape index (κ2) is 7.64. The smallest absolute Gasteiger partial charge is 0.243 e. The maximum atomic E-state index is 11.7. The highest BCUT2D eigenvalue weighted by Crippen LogP contribution is 2.34. The summed E-state index contributed by atoms with van der Waals surface area (Å²) in [5, 5.41) is 21.3. The van der Waals surface area contributed by atoms with Crippen molar-refractivity contribution < 1.29 is 4.79 Å². The fourth-order valence-electron chi connectivity index (χ4n) is 4.41. The van der Waals surface area contributed by atoms with E-state index < -0.39 is 0 Å². The van der Waals surface area contributed by atoms with E-state index in [0.717, 1.165) is 46.5 Å². The lowest BCUT2D eigenvalue weighted by Gasteiger charge is -2.49. The second-order valence-corrected chi connectivity index (χ2v) is 8.67. The van der Waals surface area contributed by atoms with Gasteiger partial charge in [0.1, 0.15) is 6.07 Å². The largest absolute Gasteiger partial charge is 0.367 e. The number of hydrogen-bond donors (Lipinski definition) is 1. The molecule has 33 heavy (non-hydrogen) atoms. The van der Waals surface area contributed by atoms with Crippen LogP contribution >= 0.6 is 0 Å². The quantitative estimate of drug-likeness (QED) is 0.485. The van der Waals surface area contributed by atoms with E-state index >= 15 is 0 Å². The number of aryl methyl sites for hydroxylation is 1. The van der Waals surface area contributed by atoms with Crippen molar-refractivity contribution in [1.82, 2.24) is 24.7 Å². The summed E-state index contributed by atoms with van der Waals surface area (Å²) in [7, 11) is 1.88. The number of fused-ring (bicyclic) bond motifs is 1. The van der Waals surface area contributed by atoms with E-state index in [9.17, 15) is 10.1 Å². The Morgan fingerprint density at radius 1 is 1.15 bits per heavy atom. The summed E-state index contributed by atoms with van der Waals surface area (Å²) in [6.45, 7) is 7.01. The Morgan fingerprint density at radius 3 is 2.55 bits per heavy atom. The van der Waals surface area contributed by atoms with Crippen LogP contribution in [0.25, 0.3) is 27.8 Å². The SMILES string of the molecule is C=CC(=O)NC1(C)CN(c2ccc(-c3cc(-c4cnn(C)c4)cn4ncc(C#N)c34)cc2)C1. The van der Waals surface area contributed by atoms with E-state index in [1.54, 1.807) is 15.4 Å². The van der Waals surface area contributed by atoms with Crippen molar-refractivity contribution in [2.75, 3.05) is 18.0 Å². The van der Waals surface area contributed by atoms with Crippen molar-refractivity contribution in [3.8, 4) is 28.3 Å². The van der Waals surface area contributed by atoms with Crippen molar-refractivity contribution in [2.45, 2.75) is 12.5 Å². The van der Waals surface area contributed by atoms with Gasteiger partial charge in [-0.3, -0.25) is 9.48 Å². The minimum atomic E-state index is -0.256. The van der Waals surface area contributed by atoms with Crippen LogP contribution in [0.1, 0.15) is 12.5 Å². The second-order valence-electron chi connectivity index (χ2n) is 8.67. The number of rotatable bonds is 5. The highest BCUT2D eigenvalue weighted by molar-refractivity contribution is 5.89. The topological polar surface area (TPSA) is 91.2 Å². The zero-order valence-corrected chi connectivity index (χ0v) is 18.5. The number of hydrogen-bond acceptors (Lipinski definition) is 5. The molecular formula is C25H23N7O. The normalized spacial score (nSPS) is 14.5. The first kappa shape index (κ1) is 20.5. The molecule has 0 radical (unpaired) electrons. The molecule has 8 nitrogen and oxygen atoms in total. The Hall–Kier alpha value is -4.38. The van der Waals surface area contributed by atoms with E-state index in [-0.39, 0.29) is 11.4 Å². The molecule has 1 saturated heterocycles. The van der Waals surface area contributed by atoms with Gasteiger partial charge in [0.25, 0.3) is 0 Å². The summed E-state index contributed by atoms with van der Waals surface area (Å²) >= 11 is 0. The highest BCUT2D eigenvalue weighted by atomic mass is 16.1. The molecule has 5 rings (SSSR count). The van der Waals surface area contributed by atoms with E-state index in [1.807, 2.05) is 32.6 Å². The molecule has 1 N–H and O–H groups in total. The van der Waals surface area contributed by atoms with Crippen LogP contribution in [0.4, 0.5) is 5.69 Å². The molecule has 4 aromatic rings. The third kappa shape index (κ3) is 3.64. The molecule has 1 fully saturated rings. The molecule has 0 atom stereocenters. The standard InChI is InChI=1S/C25H23N7O/c1-4-23(33)29-25(2)15-31(16-25)21-7-5-17(6-8-21)22-9-18(20-12-27-30(3)13-20)14-32-24(22)19(10-26)11-28-32/h4-9,11-14H,1,15-16H2,2-3H3,(H,29,33). The first-order valence-electron chi connectivity index (χ1n) is 10.6. The van der Waals surface area contributed by atoms with Crippen LogP contribution < -0.4 is 10.2 Å². The van der Waals surface area contributed by atoms with Crippen molar-refractivity contribution in [2.24, 2.45) is 7.05 Å². The van der Waals surface area contributed by atoms with Gasteiger partial charge in [-0.05, 0) is 36.8 Å². The summed E-state index contributed by atoms with van der Waals surface area (Å²) in [5.41, 5.74) is 6.01. The van der Waals surface area contributed by atoms with E-state index in [2.05, 4.69) is 63.4 Å². The molecule has 0 bridgehead atoms. The summed E-state index contributed by atoms with van der Waals surface area (Å²) < 4.78 is 3.52. The molecule has 164 valence electrons. The maximum absolute atomic E-state index is 11.7. The van der Waals surface area contributed by atoms with E-state index in [4.69, 9.17) is 0 Å². The molecule has 0 saturated carbocycles. The maximum Gasteiger partial charge on any atom is 0.243 e. The summed E-state index contributed by atoms with van der Waals surface area (Å²) in [6.07, 6.45) is 8.58. The van der Waals surface area contributed by atoms with Crippen molar-refractivity contribution in [3.63, 3.8) is 0 Å². The number of aromatic nitrogens is 4. The average molecular weight is 438 g/mol. The predicted molar refractivity (Wildman–Crippen MR) is 127 cm³/mol. The van der Waals surface area contributed by atoms with Crippen LogP contribution in [0, 0.1) is 11.3 Å². The molecule has 1 aliphatic rings. The van der Waals surface area contributed by atoms with Gasteiger partial charge in [-0.1, -0.05) is 18.7 Å². The van der Waals surface area contributed by atoms with Crippen LogP contribution in [0.15, 0.2) is 67.8 Å². The molecule has 0 unspecified atom stereocenters. The third-order valence-corrected chi connectivity index (χ3v) is 6.00. The van der Waals surface area contributed by atoms with Crippen molar-refractivity contribution in [1.29, 1.82) is 5.26 Å². The van der Waals surface area contributed by atoms with Crippen LogP contribution in [0.5, 0.6) is 0 Å². The molecule has 4 heterocycles. The van der Waals surface area contributed by atoms with Gasteiger partial charge in [-0.15, -0.1) is 0 Å². The fraction of sp³-hybridized carbons (Fsp3) is 0.200. The first-order valence-corrected chi connectivity index (χ1v) is 10.6. The Morgan fingerprint density at radius 2 is 1.91 bits per heavy atom. The number of carbonyl (C=O) groups is 1. The number of nitrogens with one attached hydrogen (secondary N) is 1. The molecule has 0 aliphatic carbocycles. The van der Waals surface area contributed by atoms with Gasteiger partial charge in [0, 0.05) is 54.9 Å². The summed E-state index contributed by atoms with van der Waals surface area (Å²) in [5.74, 6) is -0.154. The molecule has 1 aliphatic heterocycles. The van der Waals surface area contributed by atoms with Gasteiger partial charge in [0.15, 0.2) is 0 Å². The predicted octanol–water partition coefficient (Wildman–Crippen LogP) is 3.15. The summed E-state index contributed by atoms with van der Waals surface area (Å²) in [6, 6.07) is 12.6. The zero-order valence-electron chi connectivity index (χ0n) is 18.5. The number of pyridine rings is 1. The molecule has 1 aromatic carbocycles. The minimum absolute atomic E-state index is 0.154. The van der Waals surface area contributed by atoms with Crippen LogP contribution in [-0.2, 0) is 11.8 Å². The van der Waals surface area contributed by atoms with E-state index in [0.29, 0.717) is 5.56 Å². The molecule has 1 amide bonds. The zero-order chi connectivity index (χ0) is 23.2. The van der Waals surface area contributed by atoms with Gasteiger partial charge >= 0.3 is 0 Å². The van der Waals surface area contributed by atoms with Gasteiger partial charge < -0.3 is 10.2 Å². The summed E-state index contributed by atoms with van der Waals surface area (Å²) in [4.78, 5) is 13.9. The van der Waals surface area contributed by atoms with Gasteiger partial charge in [0.2, 0.25) is 5.91 Å². The number of nitriles is 1. The fourth-order valence-corrected chi connectivity index (χ4v) is 4.41. The molecule has 0 spiro atoms. The Kier molecular flexibility index (Phi) is 4.75. The lowest BCUT2D eigenvalue weighted by molar-refractivity contribution is -0.118. The average Bonchev–Trinajstić information content (AvgIpc) is 3.42. The number of anilines is 1. The number of benzene rings is 1. The van der Waals surface area contributed by atoms with E-state index in [1.165, 1.54) is 6.08 Å². The Labute approximate surface area is 191 Å². The first-order chi connectivity index (χ1) is 15.9. The monoisotopic (exact) mass is 437 g/mol. The Bertz CT molecular complexity index is 1420. The number of carbonyl (C=O) groups excluding carboxylic acids is 1. The van der Waals surface area contributed by atoms with Crippen molar-refractivity contribution in [3.05, 3.63) is 73.3 Å².